The van der Waals surface area contributed by atoms with Gasteiger partial charge in [0.1, 0.15) is 0 Å². The van der Waals surface area contributed by atoms with Gasteiger partial charge < -0.3 is 14.5 Å². The molecule has 0 radical (unpaired) electrons. The van der Waals surface area contributed by atoms with Crippen LogP contribution in [-0.4, -0.2) is 55.0 Å². The molecule has 2 rings (SSSR count). The molecule has 3 N–H and O–H groups in total. The van der Waals surface area contributed by atoms with Gasteiger partial charge in [0.05, 0.1) is 6.10 Å². The minimum absolute atomic E-state index is 0. The van der Waals surface area contributed by atoms with Crippen molar-refractivity contribution in [3.63, 3.8) is 0 Å². The number of hydrogen-bond acceptors (Lipinski definition) is 4. The van der Waals surface area contributed by atoms with Gasteiger partial charge in [0, 0.05) is 18.2 Å². The van der Waals surface area contributed by atoms with Gasteiger partial charge in [-0.1, -0.05) is 0 Å². The van der Waals surface area contributed by atoms with E-state index in [9.17, 15) is 23.9 Å². The Labute approximate surface area is 136 Å². The van der Waals surface area contributed by atoms with Crippen LogP contribution < -0.4 is 11.2 Å². The predicted octanol–water partition coefficient (Wildman–Crippen LogP) is -0.817. The van der Waals surface area contributed by atoms with Crippen LogP contribution in [0.25, 0.3) is 0 Å². The molecule has 1 aromatic heterocycles. The monoisotopic (exact) mass is 314 g/mol. The molecule has 0 saturated carbocycles. The number of aryl methyl sites for hydroxylation is 1. The summed E-state index contributed by atoms with van der Waals surface area (Å²) in [5, 5.41) is 0. The summed E-state index contributed by atoms with van der Waals surface area (Å²) in [6.45, 7) is 3.11. The van der Waals surface area contributed by atoms with Crippen molar-refractivity contribution in [1.29, 1.82) is 0 Å². The zero-order valence-corrected chi connectivity index (χ0v) is 11.4. The number of rotatable bonds is 2. The molecule has 0 aliphatic carbocycles. The number of aromatic nitrogens is 2. The summed E-state index contributed by atoms with van der Waals surface area (Å²) in [7, 11) is -4.75. The fraction of sp³-hybridized carbons (Fsp3) is 0.600. The molecule has 2 atom stereocenters. The van der Waals surface area contributed by atoms with Gasteiger partial charge in [-0.3, -0.25) is 18.9 Å². The summed E-state index contributed by atoms with van der Waals surface area (Å²) >= 11 is 0. The fourth-order valence-corrected chi connectivity index (χ4v) is 3.36. The van der Waals surface area contributed by atoms with Crippen LogP contribution >= 0.6 is 7.60 Å². The van der Waals surface area contributed by atoms with Crippen molar-refractivity contribution >= 4 is 37.2 Å². The maximum absolute atomic E-state index is 11.8. The molecule has 1 fully saturated rings. The van der Waals surface area contributed by atoms with Crippen molar-refractivity contribution in [2.45, 2.75) is 38.3 Å². The number of ether oxygens (including phenoxy) is 1. The normalized spacial score (nSPS) is 26.3. The molecule has 2 unspecified atom stereocenters. The van der Waals surface area contributed by atoms with Gasteiger partial charge >= 0.3 is 42.8 Å². The van der Waals surface area contributed by atoms with Crippen LogP contribution in [0, 0.1) is 6.92 Å². The third kappa shape index (κ3) is 2.87. The van der Waals surface area contributed by atoms with E-state index in [1.165, 1.54) is 6.92 Å². The van der Waals surface area contributed by atoms with Crippen LogP contribution in [0.3, 0.4) is 0 Å². The summed E-state index contributed by atoms with van der Waals surface area (Å²) < 4.78 is 17.9. The minimum atomic E-state index is -4.75. The van der Waals surface area contributed by atoms with Gasteiger partial charge in [-0.15, -0.1) is 0 Å². The SMILES string of the molecule is Cc1cn(C2(P(=O)(O)O)CCC(C)O2)c(=O)[nH]c1=O.[NaH]. The molecule has 1 aliphatic rings. The molecule has 1 aliphatic heterocycles. The third-order valence-electron chi connectivity index (χ3n) is 3.22. The van der Waals surface area contributed by atoms with E-state index in [0.29, 0.717) is 6.42 Å². The zero-order valence-electron chi connectivity index (χ0n) is 10.5. The first kappa shape index (κ1) is 17.8. The summed E-state index contributed by atoms with van der Waals surface area (Å²) in [6, 6.07) is 0. The third-order valence-corrected chi connectivity index (χ3v) is 4.67. The van der Waals surface area contributed by atoms with Crippen LogP contribution in [0.5, 0.6) is 0 Å². The average Bonchev–Trinajstić information content (AvgIpc) is 2.66. The summed E-state index contributed by atoms with van der Waals surface area (Å²) in [4.78, 5) is 44.3. The predicted molar refractivity (Wildman–Crippen MR) is 73.0 cm³/mol. The van der Waals surface area contributed by atoms with E-state index < -0.39 is 24.3 Å². The van der Waals surface area contributed by atoms with Crippen LogP contribution in [-0.2, 0) is 14.8 Å². The van der Waals surface area contributed by atoms with Crippen molar-refractivity contribution in [3.05, 3.63) is 32.6 Å². The first-order valence-corrected chi connectivity index (χ1v) is 7.35. The van der Waals surface area contributed by atoms with Gasteiger partial charge in [-0.25, -0.2) is 4.79 Å². The van der Waals surface area contributed by atoms with E-state index in [4.69, 9.17) is 4.74 Å². The second kappa shape index (κ2) is 5.88. The van der Waals surface area contributed by atoms with Crippen molar-refractivity contribution in [3.8, 4) is 0 Å². The summed E-state index contributed by atoms with van der Waals surface area (Å²) in [5.41, 5.74) is -3.34. The first-order valence-electron chi connectivity index (χ1n) is 5.74. The molecular weight excluding hydrogens is 298 g/mol. The van der Waals surface area contributed by atoms with Crippen molar-refractivity contribution < 1.29 is 19.1 Å². The molecule has 0 amide bonds. The molecule has 1 saturated heterocycles. The Morgan fingerprint density at radius 3 is 2.55 bits per heavy atom. The molecule has 10 heteroatoms. The Morgan fingerprint density at radius 2 is 2.10 bits per heavy atom. The van der Waals surface area contributed by atoms with E-state index >= 15 is 0 Å². The van der Waals surface area contributed by atoms with E-state index in [0.717, 1.165) is 10.8 Å². The van der Waals surface area contributed by atoms with Crippen molar-refractivity contribution in [2.75, 3.05) is 0 Å². The molecule has 0 bridgehead atoms. The molecule has 8 nitrogen and oxygen atoms in total. The quantitative estimate of drug-likeness (QED) is 0.484. The molecule has 108 valence electrons. The molecule has 0 aromatic carbocycles. The van der Waals surface area contributed by atoms with Gasteiger partial charge in [0.15, 0.2) is 0 Å². The molecule has 0 spiro atoms. The van der Waals surface area contributed by atoms with Gasteiger partial charge in [-0.2, -0.15) is 0 Å². The van der Waals surface area contributed by atoms with E-state index in [1.807, 2.05) is 4.98 Å². The molecule has 20 heavy (non-hydrogen) atoms. The van der Waals surface area contributed by atoms with Crippen LogP contribution in [0.15, 0.2) is 15.8 Å². The Morgan fingerprint density at radius 1 is 1.50 bits per heavy atom. The van der Waals surface area contributed by atoms with Crippen LogP contribution in [0.1, 0.15) is 25.3 Å². The van der Waals surface area contributed by atoms with E-state index in [1.54, 1.807) is 6.92 Å². The zero-order chi connectivity index (χ0) is 14.4. The standard InChI is InChI=1S/C10H15N2O6P.Na.H/c1-6-5-12(9(14)11-8(6)13)10(19(15,16)17)4-3-7(2)18-10;;/h5,7H,3-4H2,1-2H3,(H,11,13,14)(H2,15,16,17);;. The number of nitrogens with zero attached hydrogens (tertiary/aromatic N) is 1. The Kier molecular flexibility index (Phi) is 5.25. The number of hydrogen-bond donors (Lipinski definition) is 3. The van der Waals surface area contributed by atoms with E-state index in [2.05, 4.69) is 0 Å². The van der Waals surface area contributed by atoms with Crippen LogP contribution in [0.2, 0.25) is 0 Å². The molecule has 1 aromatic rings. The Bertz CT molecular complexity index is 664. The van der Waals surface area contributed by atoms with E-state index in [-0.39, 0.29) is 47.6 Å². The number of nitrogens with one attached hydrogen (secondary N) is 1. The second-order valence-electron chi connectivity index (χ2n) is 4.70. The summed E-state index contributed by atoms with van der Waals surface area (Å²) in [6.07, 6.45) is 1.16. The number of aromatic amines is 1. The van der Waals surface area contributed by atoms with Gasteiger partial charge in [0.25, 0.3) is 11.0 Å². The second-order valence-corrected chi connectivity index (χ2v) is 6.48. The van der Waals surface area contributed by atoms with Gasteiger partial charge in [0.2, 0.25) is 0 Å². The fourth-order valence-electron chi connectivity index (χ4n) is 2.19. The molecule has 2 heterocycles. The Hall–Kier alpha value is -0.210. The number of H-pyrrole nitrogens is 1. The van der Waals surface area contributed by atoms with Crippen molar-refractivity contribution in [1.82, 2.24) is 9.55 Å². The topological polar surface area (TPSA) is 122 Å². The first-order chi connectivity index (χ1) is 8.67. The maximum atomic E-state index is 11.8. The summed E-state index contributed by atoms with van der Waals surface area (Å²) in [5.74, 6) is 0. The average molecular weight is 314 g/mol. The molecular formula is C10H16N2NaO6P. The van der Waals surface area contributed by atoms with Crippen LogP contribution in [0.4, 0.5) is 0 Å². The Balaban J connectivity index is 0.00000200. The van der Waals surface area contributed by atoms with Crippen molar-refractivity contribution in [2.24, 2.45) is 0 Å². The van der Waals surface area contributed by atoms with Gasteiger partial charge in [-0.05, 0) is 20.3 Å².